The lowest BCUT2D eigenvalue weighted by Gasteiger charge is -2.28. The van der Waals surface area contributed by atoms with Crippen LogP contribution in [0.4, 0.5) is 8.78 Å². The minimum atomic E-state index is -0.841. The first kappa shape index (κ1) is 13.6. The molecule has 100 valence electrons. The van der Waals surface area contributed by atoms with Crippen LogP contribution in [-0.2, 0) is 5.54 Å². The second kappa shape index (κ2) is 5.05. The van der Waals surface area contributed by atoms with E-state index in [9.17, 15) is 8.78 Å². The Labute approximate surface area is 111 Å². The fourth-order valence-corrected chi connectivity index (χ4v) is 2.10. The Morgan fingerprint density at radius 2 is 1.95 bits per heavy atom. The molecule has 2 N–H and O–H groups in total. The highest BCUT2D eigenvalue weighted by Gasteiger charge is 2.29. The smallest absolute Gasteiger partial charge is 0.141 e. The molecule has 0 spiro atoms. The van der Waals surface area contributed by atoms with Gasteiger partial charge in [-0.1, -0.05) is 19.1 Å². The van der Waals surface area contributed by atoms with Crippen LogP contribution in [0.5, 0.6) is 0 Å². The quantitative estimate of drug-likeness (QED) is 0.922. The largest absolute Gasteiger partial charge is 0.316 e. The van der Waals surface area contributed by atoms with Crippen LogP contribution < -0.4 is 5.73 Å². The van der Waals surface area contributed by atoms with Crippen molar-refractivity contribution in [3.63, 3.8) is 0 Å². The van der Waals surface area contributed by atoms with Crippen molar-refractivity contribution >= 4 is 0 Å². The van der Waals surface area contributed by atoms with E-state index >= 15 is 0 Å². The summed E-state index contributed by atoms with van der Waals surface area (Å²) in [6, 6.07) is 7.65. The van der Waals surface area contributed by atoms with Crippen molar-refractivity contribution in [2.45, 2.75) is 25.8 Å². The lowest BCUT2D eigenvalue weighted by Crippen LogP contribution is -2.38. The molecule has 2 aromatic rings. The van der Waals surface area contributed by atoms with E-state index in [2.05, 4.69) is 4.98 Å². The summed E-state index contributed by atoms with van der Waals surface area (Å²) in [5, 5.41) is 0. The molecular formula is C15H16F2N2. The van der Waals surface area contributed by atoms with E-state index in [-0.39, 0.29) is 5.82 Å². The van der Waals surface area contributed by atoms with Crippen molar-refractivity contribution in [2.24, 2.45) is 5.73 Å². The lowest BCUT2D eigenvalue weighted by atomic mass is 9.84. The minimum absolute atomic E-state index is 0.269. The van der Waals surface area contributed by atoms with Crippen LogP contribution in [0, 0.1) is 18.6 Å². The Kier molecular flexibility index (Phi) is 3.62. The van der Waals surface area contributed by atoms with Gasteiger partial charge in [0.15, 0.2) is 0 Å². The van der Waals surface area contributed by atoms with E-state index in [4.69, 9.17) is 5.73 Å². The summed E-state index contributed by atoms with van der Waals surface area (Å²) in [6.45, 7) is 3.61. The maximum absolute atomic E-state index is 13.3. The molecule has 2 rings (SSSR count). The molecule has 1 atom stereocenters. The molecule has 0 saturated heterocycles. The molecule has 0 radical (unpaired) electrons. The Bertz CT molecular complexity index is 581. The fourth-order valence-electron chi connectivity index (χ4n) is 2.10. The van der Waals surface area contributed by atoms with Gasteiger partial charge < -0.3 is 5.73 Å². The fraction of sp³-hybridized carbons (Fsp3) is 0.267. The van der Waals surface area contributed by atoms with Crippen molar-refractivity contribution in [3.05, 3.63) is 65.0 Å². The van der Waals surface area contributed by atoms with Crippen LogP contribution in [0.3, 0.4) is 0 Å². The first-order valence-corrected chi connectivity index (χ1v) is 6.15. The van der Waals surface area contributed by atoms with Crippen molar-refractivity contribution < 1.29 is 8.78 Å². The Balaban J connectivity index is 2.52. The van der Waals surface area contributed by atoms with Crippen LogP contribution in [0.2, 0.25) is 0 Å². The molecule has 1 aromatic heterocycles. The monoisotopic (exact) mass is 262 g/mol. The van der Waals surface area contributed by atoms with E-state index in [1.807, 2.05) is 6.92 Å². The maximum Gasteiger partial charge on any atom is 0.141 e. The van der Waals surface area contributed by atoms with Gasteiger partial charge in [-0.25, -0.2) is 8.78 Å². The van der Waals surface area contributed by atoms with E-state index in [0.29, 0.717) is 17.7 Å². The van der Waals surface area contributed by atoms with Crippen LogP contribution in [0.15, 0.2) is 36.5 Å². The van der Waals surface area contributed by atoms with Crippen LogP contribution >= 0.6 is 0 Å². The highest BCUT2D eigenvalue weighted by molar-refractivity contribution is 5.36. The number of rotatable bonds is 3. The predicted octanol–water partition coefficient (Wildman–Crippen LogP) is 3.28. The summed E-state index contributed by atoms with van der Waals surface area (Å²) in [6.07, 6.45) is 1.72. The summed E-state index contributed by atoms with van der Waals surface area (Å²) in [5.41, 5.74) is 7.43. The van der Waals surface area contributed by atoms with Gasteiger partial charge in [0.1, 0.15) is 11.6 Å². The van der Waals surface area contributed by atoms with Gasteiger partial charge in [0.05, 0.1) is 17.4 Å². The normalized spacial score (nSPS) is 14.2. The molecule has 1 unspecified atom stereocenters. The average molecular weight is 262 g/mol. The highest BCUT2D eigenvalue weighted by atomic mass is 19.1. The summed E-state index contributed by atoms with van der Waals surface area (Å²) >= 11 is 0. The van der Waals surface area contributed by atoms with Gasteiger partial charge in [0.2, 0.25) is 0 Å². The zero-order chi connectivity index (χ0) is 14.0. The molecule has 0 amide bonds. The van der Waals surface area contributed by atoms with Crippen molar-refractivity contribution in [1.82, 2.24) is 4.98 Å². The number of pyridine rings is 1. The second-order valence-electron chi connectivity index (χ2n) is 4.65. The van der Waals surface area contributed by atoms with E-state index < -0.39 is 11.4 Å². The molecule has 0 aliphatic heterocycles. The first-order chi connectivity index (χ1) is 8.97. The van der Waals surface area contributed by atoms with Crippen LogP contribution in [-0.4, -0.2) is 4.98 Å². The minimum Gasteiger partial charge on any atom is -0.316 e. The number of nitrogens with two attached hydrogens (primary N) is 1. The van der Waals surface area contributed by atoms with E-state index in [1.165, 1.54) is 12.1 Å². The Morgan fingerprint density at radius 3 is 2.47 bits per heavy atom. The predicted molar refractivity (Wildman–Crippen MR) is 70.6 cm³/mol. The Morgan fingerprint density at radius 1 is 1.21 bits per heavy atom. The highest BCUT2D eigenvalue weighted by Crippen LogP contribution is 2.30. The molecule has 4 heteroatoms. The number of halogens is 2. The molecule has 0 bridgehead atoms. The number of aryl methyl sites for hydroxylation is 1. The molecule has 1 aromatic carbocycles. The zero-order valence-electron chi connectivity index (χ0n) is 11.0. The zero-order valence-corrected chi connectivity index (χ0v) is 11.0. The summed E-state index contributed by atoms with van der Waals surface area (Å²) in [5.74, 6) is -0.674. The third-order valence-corrected chi connectivity index (χ3v) is 3.42. The molecule has 0 aliphatic rings. The number of nitrogens with zero attached hydrogens (tertiary/aromatic N) is 1. The maximum atomic E-state index is 13.3. The van der Waals surface area contributed by atoms with Gasteiger partial charge in [0.25, 0.3) is 0 Å². The van der Waals surface area contributed by atoms with Gasteiger partial charge in [-0.3, -0.25) is 4.98 Å². The Hall–Kier alpha value is -1.81. The van der Waals surface area contributed by atoms with E-state index in [0.717, 1.165) is 11.8 Å². The third-order valence-electron chi connectivity index (χ3n) is 3.42. The first-order valence-electron chi connectivity index (χ1n) is 6.15. The standard InChI is InChI=1S/C15H16F2N2/c1-3-15(18,14-7-5-12(16)9-19-14)11-4-6-13(17)10(2)8-11/h4-9H,3,18H2,1-2H3. The van der Waals surface area contributed by atoms with Gasteiger partial charge in [-0.15, -0.1) is 0 Å². The third kappa shape index (κ3) is 2.49. The molecule has 2 nitrogen and oxygen atoms in total. The van der Waals surface area contributed by atoms with Crippen LogP contribution in [0.25, 0.3) is 0 Å². The van der Waals surface area contributed by atoms with Crippen LogP contribution in [0.1, 0.15) is 30.2 Å². The lowest BCUT2D eigenvalue weighted by molar-refractivity contribution is 0.496. The van der Waals surface area contributed by atoms with Gasteiger partial charge in [-0.05, 0) is 42.7 Å². The number of hydrogen-bond acceptors (Lipinski definition) is 2. The molecule has 19 heavy (non-hydrogen) atoms. The number of benzene rings is 1. The van der Waals surface area contributed by atoms with E-state index in [1.54, 1.807) is 25.1 Å². The summed E-state index contributed by atoms with van der Waals surface area (Å²) in [4.78, 5) is 4.06. The van der Waals surface area contributed by atoms with Crippen molar-refractivity contribution in [3.8, 4) is 0 Å². The van der Waals surface area contributed by atoms with Gasteiger partial charge >= 0.3 is 0 Å². The molecule has 1 heterocycles. The van der Waals surface area contributed by atoms with Gasteiger partial charge in [-0.2, -0.15) is 0 Å². The summed E-state index contributed by atoms with van der Waals surface area (Å²) in [7, 11) is 0. The summed E-state index contributed by atoms with van der Waals surface area (Å²) < 4.78 is 26.3. The number of hydrogen-bond donors (Lipinski definition) is 1. The van der Waals surface area contributed by atoms with Gasteiger partial charge in [0, 0.05) is 0 Å². The molecule has 0 saturated carbocycles. The molecular weight excluding hydrogens is 246 g/mol. The number of aromatic nitrogens is 1. The molecule has 0 aliphatic carbocycles. The second-order valence-corrected chi connectivity index (χ2v) is 4.65. The topological polar surface area (TPSA) is 38.9 Å². The van der Waals surface area contributed by atoms with Crippen molar-refractivity contribution in [2.75, 3.05) is 0 Å². The SMILES string of the molecule is CCC(N)(c1ccc(F)c(C)c1)c1ccc(F)cn1. The molecule has 0 fully saturated rings. The van der Waals surface area contributed by atoms with Crippen molar-refractivity contribution in [1.29, 1.82) is 0 Å². The average Bonchev–Trinajstić information content (AvgIpc) is 2.42.